The first-order valence-electron chi connectivity index (χ1n) is 8.12. The first kappa shape index (κ1) is 17.9. The van der Waals surface area contributed by atoms with E-state index in [-0.39, 0.29) is 5.57 Å². The van der Waals surface area contributed by atoms with E-state index in [2.05, 4.69) is 15.4 Å². The van der Waals surface area contributed by atoms with Gasteiger partial charge in [0.15, 0.2) is 0 Å². The number of rotatable bonds is 5. The van der Waals surface area contributed by atoms with Crippen LogP contribution in [0, 0.1) is 11.3 Å². The third kappa shape index (κ3) is 4.02. The lowest BCUT2D eigenvalue weighted by atomic mass is 10.1. The summed E-state index contributed by atoms with van der Waals surface area (Å²) in [7, 11) is 3.30. The molecule has 0 saturated carbocycles. The van der Waals surface area contributed by atoms with Crippen LogP contribution in [0.2, 0.25) is 0 Å². The molecule has 0 unspecified atom stereocenters. The minimum absolute atomic E-state index is 0.0378. The third-order valence-corrected chi connectivity index (χ3v) is 3.83. The summed E-state index contributed by atoms with van der Waals surface area (Å²) in [6.07, 6.45) is 6.60. The van der Waals surface area contributed by atoms with Crippen LogP contribution in [0.1, 0.15) is 5.56 Å². The van der Waals surface area contributed by atoms with Crippen LogP contribution in [-0.4, -0.2) is 27.8 Å². The number of hydrogen-bond acceptors (Lipinski definition) is 5. The molecule has 3 rings (SSSR count). The number of para-hydroxylation sites is 2. The average molecular weight is 359 g/mol. The fourth-order valence-electron chi connectivity index (χ4n) is 2.59. The maximum atomic E-state index is 12.6. The summed E-state index contributed by atoms with van der Waals surface area (Å²) in [6, 6.07) is 12.6. The number of aryl methyl sites for hydroxylation is 1. The summed E-state index contributed by atoms with van der Waals surface area (Å²) >= 11 is 0. The Bertz CT molecular complexity index is 1030. The Kier molecular flexibility index (Phi) is 5.28. The molecule has 2 aromatic heterocycles. The molecule has 134 valence electrons. The van der Waals surface area contributed by atoms with Crippen molar-refractivity contribution in [3.63, 3.8) is 0 Å². The maximum Gasteiger partial charge on any atom is 0.266 e. The Morgan fingerprint density at radius 1 is 1.26 bits per heavy atom. The third-order valence-electron chi connectivity index (χ3n) is 3.83. The van der Waals surface area contributed by atoms with E-state index in [0.29, 0.717) is 22.7 Å². The second-order valence-electron chi connectivity index (χ2n) is 5.67. The lowest BCUT2D eigenvalue weighted by Crippen LogP contribution is -2.14. The number of benzene rings is 1. The van der Waals surface area contributed by atoms with E-state index in [9.17, 15) is 10.1 Å². The van der Waals surface area contributed by atoms with Crippen molar-refractivity contribution in [3.05, 3.63) is 66.1 Å². The number of hydrogen-bond donors (Lipinski definition) is 1. The number of nitrogens with one attached hydrogen (secondary N) is 1. The largest absolute Gasteiger partial charge is 0.495 e. The molecule has 0 aliphatic heterocycles. The van der Waals surface area contributed by atoms with Crippen molar-refractivity contribution < 1.29 is 9.53 Å². The molecule has 0 saturated heterocycles. The number of amides is 1. The number of carbonyl (C=O) groups excluding carboxylic acids is 1. The molecule has 3 aromatic rings. The molecule has 1 amide bonds. The SMILES string of the molecule is COc1ccccc1NC(=O)C(C#N)=Cc1cn(C)nc1-c1ccncc1. The Morgan fingerprint density at radius 3 is 2.70 bits per heavy atom. The van der Waals surface area contributed by atoms with Crippen molar-refractivity contribution in [2.24, 2.45) is 7.05 Å². The summed E-state index contributed by atoms with van der Waals surface area (Å²) in [5, 5.41) is 16.6. The number of aromatic nitrogens is 3. The molecule has 27 heavy (non-hydrogen) atoms. The van der Waals surface area contributed by atoms with E-state index in [4.69, 9.17) is 4.74 Å². The number of ether oxygens (including phenoxy) is 1. The molecule has 2 heterocycles. The van der Waals surface area contributed by atoms with E-state index >= 15 is 0 Å². The fourth-order valence-corrected chi connectivity index (χ4v) is 2.59. The molecule has 1 aromatic carbocycles. The number of nitriles is 1. The fraction of sp³-hybridized carbons (Fsp3) is 0.100. The van der Waals surface area contributed by atoms with Crippen molar-refractivity contribution in [2.75, 3.05) is 12.4 Å². The van der Waals surface area contributed by atoms with Gasteiger partial charge in [-0.25, -0.2) is 0 Å². The van der Waals surface area contributed by atoms with Crippen molar-refractivity contribution in [2.45, 2.75) is 0 Å². The molecule has 0 bridgehead atoms. The predicted octanol–water partition coefficient (Wildman–Crippen LogP) is 3.04. The van der Waals surface area contributed by atoms with Crippen LogP contribution in [0.3, 0.4) is 0 Å². The first-order valence-corrected chi connectivity index (χ1v) is 8.12. The van der Waals surface area contributed by atoms with Crippen molar-refractivity contribution in [3.8, 4) is 23.1 Å². The highest BCUT2D eigenvalue weighted by molar-refractivity contribution is 6.10. The van der Waals surface area contributed by atoms with Crippen LogP contribution in [0.15, 0.2) is 60.6 Å². The number of methoxy groups -OCH3 is 1. The molecule has 0 spiro atoms. The Balaban J connectivity index is 1.93. The van der Waals surface area contributed by atoms with Gasteiger partial charge in [-0.15, -0.1) is 0 Å². The highest BCUT2D eigenvalue weighted by Gasteiger charge is 2.15. The number of pyridine rings is 1. The van der Waals surface area contributed by atoms with E-state index in [1.54, 1.807) is 54.6 Å². The minimum atomic E-state index is -0.522. The lowest BCUT2D eigenvalue weighted by molar-refractivity contribution is -0.112. The van der Waals surface area contributed by atoms with Gasteiger partial charge < -0.3 is 10.1 Å². The van der Waals surface area contributed by atoms with Crippen LogP contribution in [0.4, 0.5) is 5.69 Å². The van der Waals surface area contributed by atoms with Gasteiger partial charge in [0.25, 0.3) is 5.91 Å². The molecule has 0 aliphatic rings. The minimum Gasteiger partial charge on any atom is -0.495 e. The number of anilines is 1. The summed E-state index contributed by atoms with van der Waals surface area (Å²) in [6.45, 7) is 0. The second kappa shape index (κ2) is 7.97. The van der Waals surface area contributed by atoms with Gasteiger partial charge in [0.05, 0.1) is 18.5 Å². The zero-order valence-electron chi connectivity index (χ0n) is 14.9. The molecule has 7 nitrogen and oxygen atoms in total. The maximum absolute atomic E-state index is 12.6. The standard InChI is InChI=1S/C20H17N5O2/c1-25-13-16(19(24-25)14-7-9-22-10-8-14)11-15(12-21)20(26)23-17-5-3-4-6-18(17)27-2/h3-11,13H,1-2H3,(H,23,26). The number of carbonyl (C=O) groups is 1. The van der Waals surface area contributed by atoms with Gasteiger partial charge in [0.1, 0.15) is 17.4 Å². The summed E-state index contributed by atoms with van der Waals surface area (Å²) in [4.78, 5) is 16.6. The van der Waals surface area contributed by atoms with Crippen molar-refractivity contribution >= 4 is 17.7 Å². The smallest absolute Gasteiger partial charge is 0.266 e. The molecular weight excluding hydrogens is 342 g/mol. The van der Waals surface area contributed by atoms with E-state index in [1.807, 2.05) is 18.2 Å². The van der Waals surface area contributed by atoms with Crippen LogP contribution in [0.25, 0.3) is 17.3 Å². The highest BCUT2D eigenvalue weighted by Crippen LogP contribution is 2.25. The zero-order chi connectivity index (χ0) is 19.2. The zero-order valence-corrected chi connectivity index (χ0v) is 14.9. The Labute approximate surface area is 156 Å². The highest BCUT2D eigenvalue weighted by atomic mass is 16.5. The van der Waals surface area contributed by atoms with Gasteiger partial charge in [-0.3, -0.25) is 14.5 Å². The van der Waals surface area contributed by atoms with E-state index in [0.717, 1.165) is 5.56 Å². The summed E-state index contributed by atoms with van der Waals surface area (Å²) < 4.78 is 6.86. The first-order chi connectivity index (χ1) is 13.1. The van der Waals surface area contributed by atoms with E-state index in [1.165, 1.54) is 13.2 Å². The van der Waals surface area contributed by atoms with Gasteiger partial charge in [0.2, 0.25) is 0 Å². The van der Waals surface area contributed by atoms with Gasteiger partial charge in [0, 0.05) is 36.8 Å². The molecule has 1 N–H and O–H groups in total. The normalized spacial score (nSPS) is 10.9. The Morgan fingerprint density at radius 2 is 2.00 bits per heavy atom. The van der Waals surface area contributed by atoms with Gasteiger partial charge >= 0.3 is 0 Å². The van der Waals surface area contributed by atoms with Crippen LogP contribution >= 0.6 is 0 Å². The van der Waals surface area contributed by atoms with Gasteiger partial charge in [-0.2, -0.15) is 10.4 Å². The number of nitrogens with zero attached hydrogens (tertiary/aromatic N) is 4. The molecule has 0 aliphatic carbocycles. The summed E-state index contributed by atoms with van der Waals surface area (Å²) in [5.74, 6) is -0.00600. The summed E-state index contributed by atoms with van der Waals surface area (Å²) in [5.41, 5.74) is 2.63. The quantitative estimate of drug-likeness (QED) is 0.558. The molecule has 0 radical (unpaired) electrons. The van der Waals surface area contributed by atoms with Crippen LogP contribution in [-0.2, 0) is 11.8 Å². The monoisotopic (exact) mass is 359 g/mol. The molecule has 0 fully saturated rings. The molecule has 0 atom stereocenters. The average Bonchev–Trinajstić information content (AvgIpc) is 3.07. The van der Waals surface area contributed by atoms with Gasteiger partial charge in [-0.1, -0.05) is 12.1 Å². The van der Waals surface area contributed by atoms with E-state index < -0.39 is 5.91 Å². The molecule has 7 heteroatoms. The molecular formula is C20H17N5O2. The lowest BCUT2D eigenvalue weighted by Gasteiger charge is -2.09. The Hall–Kier alpha value is -3.92. The van der Waals surface area contributed by atoms with Crippen molar-refractivity contribution in [1.29, 1.82) is 5.26 Å². The van der Waals surface area contributed by atoms with Crippen molar-refractivity contribution in [1.82, 2.24) is 14.8 Å². The van der Waals surface area contributed by atoms with Crippen LogP contribution in [0.5, 0.6) is 5.75 Å². The second-order valence-corrected chi connectivity index (χ2v) is 5.67. The van der Waals surface area contributed by atoms with Gasteiger partial charge in [-0.05, 0) is 30.3 Å². The predicted molar refractivity (Wildman–Crippen MR) is 102 cm³/mol. The topological polar surface area (TPSA) is 92.8 Å². The van der Waals surface area contributed by atoms with Crippen LogP contribution < -0.4 is 10.1 Å².